The van der Waals surface area contributed by atoms with Crippen LogP contribution < -0.4 is 10.2 Å². The molecule has 1 aromatic rings. The van der Waals surface area contributed by atoms with Crippen LogP contribution in [0.2, 0.25) is 39.3 Å². The second-order valence-electron chi connectivity index (χ2n) is 5.69. The molecule has 0 saturated carbocycles. The summed E-state index contributed by atoms with van der Waals surface area (Å²) in [7, 11) is -3.05. The summed E-state index contributed by atoms with van der Waals surface area (Å²) in [5.41, 5.74) is 5.87. The third-order valence-electron chi connectivity index (χ3n) is 1.84. The van der Waals surface area contributed by atoms with Gasteiger partial charge in [-0.05, 0) is 19.6 Å². The van der Waals surface area contributed by atoms with Gasteiger partial charge in [0.05, 0.1) is 6.20 Å². The van der Waals surface area contributed by atoms with Crippen LogP contribution >= 0.6 is 0 Å². The van der Waals surface area contributed by atoms with Crippen LogP contribution in [0.15, 0.2) is 6.20 Å². The molecule has 0 bridgehead atoms. The first-order valence-corrected chi connectivity index (χ1v) is 12.0. The minimum Gasteiger partial charge on any atom is -0.530 e. The van der Waals surface area contributed by atoms with Gasteiger partial charge in [0.1, 0.15) is 0 Å². The third-order valence-corrected chi connectivity index (χ3v) is 4.47. The van der Waals surface area contributed by atoms with E-state index in [9.17, 15) is 0 Å². The van der Waals surface area contributed by atoms with Crippen molar-refractivity contribution in [3.63, 3.8) is 0 Å². The predicted octanol–water partition coefficient (Wildman–Crippen LogP) is 2.36. The highest BCUT2D eigenvalue weighted by Gasteiger charge is 2.23. The van der Waals surface area contributed by atoms with Crippen molar-refractivity contribution in [2.45, 2.75) is 39.3 Å². The van der Waals surface area contributed by atoms with Crippen LogP contribution in [-0.2, 0) is 0 Å². The van der Waals surface area contributed by atoms with Gasteiger partial charge in [-0.15, -0.1) is 0 Å². The molecule has 0 amide bonds. The molecule has 0 aliphatic carbocycles. The Morgan fingerprint density at radius 2 is 1.73 bits per heavy atom. The number of imidazole rings is 1. The molecule has 1 rings (SSSR count). The van der Waals surface area contributed by atoms with Gasteiger partial charge in [-0.2, -0.15) is 4.98 Å². The topological polar surface area (TPSA) is 53.1 Å². The van der Waals surface area contributed by atoms with Crippen molar-refractivity contribution >= 4 is 22.5 Å². The molecule has 86 valence electrons. The lowest BCUT2D eigenvalue weighted by molar-refractivity contribution is 0.538. The Morgan fingerprint density at radius 1 is 1.20 bits per heavy atom. The second-order valence-corrected chi connectivity index (χ2v) is 14.9. The summed E-state index contributed by atoms with van der Waals surface area (Å²) < 4.78 is 7.88. The van der Waals surface area contributed by atoms with Gasteiger partial charge in [0.15, 0.2) is 14.2 Å². The van der Waals surface area contributed by atoms with E-state index in [-0.39, 0.29) is 0 Å². The molecule has 2 N–H and O–H groups in total. The molecule has 1 heterocycles. The number of hydrogen-bond donors (Lipinski definition) is 1. The lowest BCUT2D eigenvalue weighted by Crippen LogP contribution is -2.32. The van der Waals surface area contributed by atoms with Gasteiger partial charge in [0, 0.05) is 0 Å². The van der Waals surface area contributed by atoms with Crippen LogP contribution in [-0.4, -0.2) is 25.8 Å². The van der Waals surface area contributed by atoms with Crippen molar-refractivity contribution in [1.82, 2.24) is 9.22 Å². The Hall–Kier alpha value is -0.756. The monoisotopic (exact) mass is 243 g/mol. The highest BCUT2D eigenvalue weighted by molar-refractivity contribution is 6.75. The van der Waals surface area contributed by atoms with Gasteiger partial charge in [-0.3, -0.25) is 0 Å². The minimum absolute atomic E-state index is 0.572. The summed E-state index contributed by atoms with van der Waals surface area (Å²) in [4.78, 5) is 4.25. The number of anilines is 1. The van der Waals surface area contributed by atoms with E-state index in [1.807, 2.05) is 6.20 Å². The summed E-state index contributed by atoms with van der Waals surface area (Å²) in [6.45, 7) is 13.1. The third kappa shape index (κ3) is 3.38. The van der Waals surface area contributed by atoms with Crippen LogP contribution in [0.5, 0.6) is 5.88 Å². The summed E-state index contributed by atoms with van der Waals surface area (Å²) >= 11 is 0. The van der Waals surface area contributed by atoms with Crippen LogP contribution in [0.3, 0.4) is 0 Å². The fourth-order valence-corrected chi connectivity index (χ4v) is 3.23. The van der Waals surface area contributed by atoms with Gasteiger partial charge in [-0.1, -0.05) is 19.6 Å². The number of nitrogens with zero attached hydrogens (tertiary/aromatic N) is 2. The van der Waals surface area contributed by atoms with E-state index in [4.69, 9.17) is 10.2 Å². The molecule has 4 nitrogen and oxygen atoms in total. The van der Waals surface area contributed by atoms with Crippen molar-refractivity contribution in [1.29, 1.82) is 0 Å². The Balaban J connectivity index is 2.97. The Kier molecular flexibility index (Phi) is 3.02. The molecule has 0 unspecified atom stereocenters. The first kappa shape index (κ1) is 12.3. The quantitative estimate of drug-likeness (QED) is 0.829. The van der Waals surface area contributed by atoms with Crippen LogP contribution in [0, 0.1) is 0 Å². The first-order valence-electron chi connectivity index (χ1n) is 5.14. The van der Waals surface area contributed by atoms with Crippen molar-refractivity contribution in [2.75, 3.05) is 5.73 Å². The number of nitrogen functional groups attached to an aromatic ring is 1. The zero-order valence-electron chi connectivity index (χ0n) is 10.5. The normalized spacial score (nSPS) is 12.9. The van der Waals surface area contributed by atoms with Crippen molar-refractivity contribution in [3.05, 3.63) is 6.20 Å². The van der Waals surface area contributed by atoms with Gasteiger partial charge in [-0.25, -0.2) is 0 Å². The molecule has 0 aliphatic rings. The SMILES string of the molecule is C[Si](C)(C)Oc1cn([Si](C)(C)C)c(N)n1. The summed E-state index contributed by atoms with van der Waals surface area (Å²) in [6, 6.07) is 0. The van der Waals surface area contributed by atoms with Crippen molar-refractivity contribution in [2.24, 2.45) is 0 Å². The molecule has 15 heavy (non-hydrogen) atoms. The van der Waals surface area contributed by atoms with Gasteiger partial charge < -0.3 is 14.4 Å². The van der Waals surface area contributed by atoms with E-state index in [0.29, 0.717) is 11.8 Å². The van der Waals surface area contributed by atoms with Gasteiger partial charge in [0.2, 0.25) is 14.2 Å². The van der Waals surface area contributed by atoms with E-state index in [2.05, 4.69) is 48.5 Å². The molecule has 0 radical (unpaired) electrons. The van der Waals surface area contributed by atoms with E-state index < -0.39 is 16.6 Å². The van der Waals surface area contributed by atoms with Crippen molar-refractivity contribution < 1.29 is 4.43 Å². The van der Waals surface area contributed by atoms with E-state index >= 15 is 0 Å². The molecular weight excluding hydrogens is 222 g/mol. The molecule has 0 aromatic carbocycles. The Bertz CT molecular complexity index is 349. The molecule has 0 spiro atoms. The van der Waals surface area contributed by atoms with E-state index in [0.717, 1.165) is 0 Å². The summed E-state index contributed by atoms with van der Waals surface area (Å²) in [6.07, 6.45) is 1.94. The lowest BCUT2D eigenvalue weighted by Gasteiger charge is -2.19. The maximum Gasteiger partial charge on any atom is 0.244 e. The largest absolute Gasteiger partial charge is 0.530 e. The molecule has 1 aromatic heterocycles. The molecule has 0 atom stereocenters. The fraction of sp³-hybridized carbons (Fsp3) is 0.667. The Labute approximate surface area is 93.7 Å². The maximum atomic E-state index is 5.87. The summed E-state index contributed by atoms with van der Waals surface area (Å²) in [5.74, 6) is 1.25. The molecule has 0 fully saturated rings. The molecule has 6 heteroatoms. The van der Waals surface area contributed by atoms with E-state index in [1.165, 1.54) is 0 Å². The van der Waals surface area contributed by atoms with Crippen LogP contribution in [0.25, 0.3) is 0 Å². The fourth-order valence-electron chi connectivity index (χ4n) is 1.27. The number of aromatic nitrogens is 2. The summed E-state index contributed by atoms with van der Waals surface area (Å²) in [5, 5.41) is 0. The number of nitrogens with two attached hydrogens (primary N) is 1. The molecular formula is C9H21N3OSi2. The van der Waals surface area contributed by atoms with Crippen LogP contribution in [0.4, 0.5) is 5.95 Å². The minimum atomic E-state index is -1.58. The van der Waals surface area contributed by atoms with Gasteiger partial charge in [0.25, 0.3) is 0 Å². The number of hydrogen-bond acceptors (Lipinski definition) is 3. The zero-order valence-corrected chi connectivity index (χ0v) is 12.5. The zero-order chi connectivity index (χ0) is 11.9. The molecule has 0 saturated heterocycles. The number of rotatable bonds is 3. The first-order chi connectivity index (χ1) is 6.59. The van der Waals surface area contributed by atoms with Crippen molar-refractivity contribution in [3.8, 4) is 5.88 Å². The second kappa shape index (κ2) is 3.67. The maximum absolute atomic E-state index is 5.87. The average Bonchev–Trinajstić information content (AvgIpc) is 2.25. The predicted molar refractivity (Wildman–Crippen MR) is 69.4 cm³/mol. The Morgan fingerprint density at radius 3 is 2.07 bits per heavy atom. The smallest absolute Gasteiger partial charge is 0.244 e. The highest BCUT2D eigenvalue weighted by Crippen LogP contribution is 2.20. The van der Waals surface area contributed by atoms with E-state index in [1.54, 1.807) is 0 Å². The molecule has 0 aliphatic heterocycles. The lowest BCUT2D eigenvalue weighted by atomic mass is 10.9. The van der Waals surface area contributed by atoms with Crippen LogP contribution in [0.1, 0.15) is 0 Å². The average molecular weight is 243 g/mol. The standard InChI is InChI=1S/C9H21N3OSi2/c1-14(2,3)12-7-8(11-9(12)10)13-15(4,5)6/h7H,1-6H3,(H2,10,11). The van der Waals surface area contributed by atoms with Gasteiger partial charge >= 0.3 is 0 Å². The highest BCUT2D eigenvalue weighted by atomic mass is 28.4.